The number of aryl methyl sites for hydroxylation is 3. The van der Waals surface area contributed by atoms with E-state index in [2.05, 4.69) is 66.7 Å². The maximum Gasteiger partial charge on any atom is 0.273 e. The van der Waals surface area contributed by atoms with Gasteiger partial charge in [0.05, 0.1) is 38.1 Å². The molecule has 6 heteroatoms. The van der Waals surface area contributed by atoms with Gasteiger partial charge in [0.2, 0.25) is 0 Å². The summed E-state index contributed by atoms with van der Waals surface area (Å²) in [6.45, 7) is 19.6. The fourth-order valence-corrected chi connectivity index (χ4v) is 4.91. The minimum Gasteiger partial charge on any atom is -0.491 e. The molecule has 1 saturated heterocycles. The molecule has 6 nitrogen and oxygen atoms in total. The number of amides is 1. The molecule has 2 aliphatic heterocycles. The van der Waals surface area contributed by atoms with Crippen molar-refractivity contribution >= 4 is 11.6 Å². The van der Waals surface area contributed by atoms with Crippen LogP contribution >= 0.6 is 0 Å². The molecule has 1 aromatic carbocycles. The number of carbonyl (C=O) groups excluding carboxylic acids is 1. The standard InChI is InChI=1S/C31H46N2O4/c1-9-25-19-27(23(5)18-28(25)37-21(2)3)11-10-22(4)29(32-24(6)26-12-15-35-16-13-26)30(34)33-14-17-36-20-31(33,7)8/h12,18-19,21H,9-11,13-17,20H2,1-8H3/b29-22+,32-24?. The van der Waals surface area contributed by atoms with Gasteiger partial charge in [-0.05, 0) is 108 Å². The third-order valence-electron chi connectivity index (χ3n) is 7.24. The summed E-state index contributed by atoms with van der Waals surface area (Å²) in [5, 5.41) is 0. The molecule has 1 fully saturated rings. The number of rotatable bonds is 9. The first kappa shape index (κ1) is 29.1. The van der Waals surface area contributed by atoms with Crippen LogP contribution in [0.2, 0.25) is 0 Å². The quantitative estimate of drug-likeness (QED) is 0.302. The molecule has 0 spiro atoms. The number of ether oxygens (including phenoxy) is 3. The number of aliphatic imine (C=N–C) groups is 1. The number of hydrogen-bond donors (Lipinski definition) is 0. The highest BCUT2D eigenvalue weighted by Gasteiger charge is 2.36. The van der Waals surface area contributed by atoms with Gasteiger partial charge >= 0.3 is 0 Å². The molecule has 0 saturated carbocycles. The first-order valence-electron chi connectivity index (χ1n) is 13.7. The maximum atomic E-state index is 13.9. The van der Waals surface area contributed by atoms with Crippen LogP contribution in [0, 0.1) is 6.92 Å². The zero-order valence-electron chi connectivity index (χ0n) is 24.2. The SMILES string of the molecule is CCc1cc(CC/C(C)=C(/N=C(C)C2=CCOCC2)C(=O)N2CCOCC2(C)C)c(C)cc1OC(C)C. The lowest BCUT2D eigenvalue weighted by molar-refractivity contribution is -0.142. The van der Waals surface area contributed by atoms with Crippen molar-refractivity contribution in [2.45, 2.75) is 92.7 Å². The third kappa shape index (κ3) is 7.55. The smallest absolute Gasteiger partial charge is 0.273 e. The second-order valence-electron chi connectivity index (χ2n) is 11.1. The Labute approximate surface area is 223 Å². The van der Waals surface area contributed by atoms with E-state index >= 15 is 0 Å². The fourth-order valence-electron chi connectivity index (χ4n) is 4.91. The van der Waals surface area contributed by atoms with Crippen LogP contribution in [0.5, 0.6) is 5.75 Å². The summed E-state index contributed by atoms with van der Waals surface area (Å²) >= 11 is 0. The Balaban J connectivity index is 1.93. The second-order valence-corrected chi connectivity index (χ2v) is 11.1. The summed E-state index contributed by atoms with van der Waals surface area (Å²) in [7, 11) is 0. The van der Waals surface area contributed by atoms with E-state index in [4.69, 9.17) is 19.2 Å². The minimum atomic E-state index is -0.374. The molecule has 0 bridgehead atoms. The van der Waals surface area contributed by atoms with Crippen molar-refractivity contribution in [1.82, 2.24) is 4.90 Å². The molecule has 0 unspecified atom stereocenters. The van der Waals surface area contributed by atoms with E-state index in [1.54, 1.807) is 0 Å². The van der Waals surface area contributed by atoms with E-state index in [1.807, 2.05) is 11.8 Å². The summed E-state index contributed by atoms with van der Waals surface area (Å²) in [6, 6.07) is 4.43. The molecule has 0 atom stereocenters. The number of nitrogens with zero attached hydrogens (tertiary/aromatic N) is 2. The van der Waals surface area contributed by atoms with E-state index in [9.17, 15) is 4.79 Å². The average molecular weight is 511 g/mol. The Bertz CT molecular complexity index is 1070. The molecule has 0 aromatic heterocycles. The number of carbonyl (C=O) groups is 1. The maximum absolute atomic E-state index is 13.9. The second kappa shape index (κ2) is 12.9. The zero-order chi connectivity index (χ0) is 27.2. The summed E-state index contributed by atoms with van der Waals surface area (Å²) in [5.74, 6) is 0.964. The highest BCUT2D eigenvalue weighted by molar-refractivity contribution is 6.03. The Hall–Kier alpha value is -2.44. The minimum absolute atomic E-state index is 0.00976. The molecular formula is C31H46N2O4. The van der Waals surface area contributed by atoms with Crippen LogP contribution in [-0.2, 0) is 27.1 Å². The highest BCUT2D eigenvalue weighted by Crippen LogP contribution is 2.29. The van der Waals surface area contributed by atoms with E-state index < -0.39 is 0 Å². The van der Waals surface area contributed by atoms with Gasteiger partial charge in [-0.15, -0.1) is 0 Å². The molecular weight excluding hydrogens is 464 g/mol. The van der Waals surface area contributed by atoms with Gasteiger partial charge in [-0.1, -0.05) is 19.1 Å². The van der Waals surface area contributed by atoms with Crippen molar-refractivity contribution in [3.8, 4) is 5.75 Å². The number of allylic oxidation sites excluding steroid dienone is 1. The first-order valence-corrected chi connectivity index (χ1v) is 13.7. The lowest BCUT2D eigenvalue weighted by Gasteiger charge is -2.42. The van der Waals surface area contributed by atoms with Crippen LogP contribution in [0.4, 0.5) is 0 Å². The Morgan fingerprint density at radius 2 is 1.92 bits per heavy atom. The van der Waals surface area contributed by atoms with Gasteiger partial charge in [-0.3, -0.25) is 4.79 Å². The van der Waals surface area contributed by atoms with E-state index in [0.717, 1.165) is 48.3 Å². The van der Waals surface area contributed by atoms with Crippen molar-refractivity contribution in [2.75, 3.05) is 33.0 Å². The highest BCUT2D eigenvalue weighted by atomic mass is 16.5. The number of benzene rings is 1. The molecule has 1 aromatic rings. The molecule has 37 heavy (non-hydrogen) atoms. The average Bonchev–Trinajstić information content (AvgIpc) is 2.86. The predicted molar refractivity (Wildman–Crippen MR) is 151 cm³/mol. The van der Waals surface area contributed by atoms with E-state index in [1.165, 1.54) is 16.7 Å². The topological polar surface area (TPSA) is 60.4 Å². The molecule has 3 rings (SSSR count). The van der Waals surface area contributed by atoms with Crippen molar-refractivity contribution in [1.29, 1.82) is 0 Å². The predicted octanol–water partition coefficient (Wildman–Crippen LogP) is 6.00. The van der Waals surface area contributed by atoms with Crippen LogP contribution in [0.25, 0.3) is 0 Å². The fraction of sp³-hybridized carbons (Fsp3) is 0.613. The van der Waals surface area contributed by atoms with Gasteiger partial charge in [0.1, 0.15) is 11.4 Å². The van der Waals surface area contributed by atoms with E-state index in [0.29, 0.717) is 38.7 Å². The van der Waals surface area contributed by atoms with Crippen molar-refractivity contribution in [2.24, 2.45) is 4.99 Å². The third-order valence-corrected chi connectivity index (χ3v) is 7.24. The Morgan fingerprint density at radius 3 is 2.54 bits per heavy atom. The molecule has 204 valence electrons. The van der Waals surface area contributed by atoms with Gasteiger partial charge in [0, 0.05) is 12.3 Å². The zero-order valence-corrected chi connectivity index (χ0v) is 24.2. The summed E-state index contributed by atoms with van der Waals surface area (Å²) < 4.78 is 17.2. The monoisotopic (exact) mass is 510 g/mol. The summed E-state index contributed by atoms with van der Waals surface area (Å²) in [6.07, 6.45) is 5.57. The van der Waals surface area contributed by atoms with Crippen LogP contribution in [0.3, 0.4) is 0 Å². The first-order chi connectivity index (χ1) is 17.5. The molecule has 0 N–H and O–H groups in total. The van der Waals surface area contributed by atoms with E-state index in [-0.39, 0.29) is 17.6 Å². The molecule has 2 aliphatic rings. The molecule has 0 radical (unpaired) electrons. The lowest BCUT2D eigenvalue weighted by atomic mass is 9.95. The molecule has 0 aliphatic carbocycles. The van der Waals surface area contributed by atoms with Gasteiger partial charge in [0.25, 0.3) is 5.91 Å². The lowest BCUT2D eigenvalue weighted by Crippen LogP contribution is -2.55. The normalized spacial score (nSPS) is 19.0. The van der Waals surface area contributed by atoms with Crippen molar-refractivity contribution in [3.63, 3.8) is 0 Å². The number of hydrogen-bond acceptors (Lipinski definition) is 5. The Morgan fingerprint density at radius 1 is 1.16 bits per heavy atom. The summed E-state index contributed by atoms with van der Waals surface area (Å²) in [4.78, 5) is 20.9. The van der Waals surface area contributed by atoms with Crippen LogP contribution in [-0.4, -0.2) is 61.1 Å². The molecule has 1 amide bonds. The number of morpholine rings is 1. The van der Waals surface area contributed by atoms with Crippen LogP contribution in [0.1, 0.15) is 78.0 Å². The van der Waals surface area contributed by atoms with Crippen molar-refractivity contribution in [3.05, 3.63) is 51.7 Å². The van der Waals surface area contributed by atoms with Crippen molar-refractivity contribution < 1.29 is 19.0 Å². The van der Waals surface area contributed by atoms with Crippen LogP contribution < -0.4 is 4.74 Å². The van der Waals surface area contributed by atoms with Crippen LogP contribution in [0.15, 0.2) is 40.0 Å². The Kier molecular flexibility index (Phi) is 10.1. The largest absolute Gasteiger partial charge is 0.491 e. The van der Waals surface area contributed by atoms with Gasteiger partial charge in [-0.25, -0.2) is 4.99 Å². The van der Waals surface area contributed by atoms with Gasteiger partial charge in [0.15, 0.2) is 0 Å². The van der Waals surface area contributed by atoms with Gasteiger partial charge < -0.3 is 19.1 Å². The summed E-state index contributed by atoms with van der Waals surface area (Å²) in [5.41, 5.74) is 7.00. The van der Waals surface area contributed by atoms with Gasteiger partial charge in [-0.2, -0.15) is 0 Å². The molecule has 2 heterocycles.